The van der Waals surface area contributed by atoms with E-state index in [4.69, 9.17) is 0 Å². The summed E-state index contributed by atoms with van der Waals surface area (Å²) in [7, 11) is -3.26. The second-order valence-corrected chi connectivity index (χ2v) is 8.73. The van der Waals surface area contributed by atoms with Gasteiger partial charge in [-0.1, -0.05) is 36.8 Å². The molecule has 0 N–H and O–H groups in total. The minimum Gasteiger partial charge on any atom is -0.224 e. The zero-order chi connectivity index (χ0) is 17.3. The molecule has 2 nitrogen and oxygen atoms in total. The number of benzene rings is 1. The van der Waals surface area contributed by atoms with Gasteiger partial charge in [0, 0.05) is 0 Å². The van der Waals surface area contributed by atoms with Crippen LogP contribution >= 0.6 is 0 Å². The predicted octanol–water partition coefficient (Wildman–Crippen LogP) is 5.49. The van der Waals surface area contributed by atoms with Crippen molar-refractivity contribution in [3.8, 4) is 0 Å². The normalized spacial score (nSPS) is 12.1. The van der Waals surface area contributed by atoms with Crippen LogP contribution in [0.5, 0.6) is 0 Å². The van der Waals surface area contributed by atoms with Gasteiger partial charge in [0.05, 0.1) is 10.6 Å². The van der Waals surface area contributed by atoms with Gasteiger partial charge in [-0.2, -0.15) is 0 Å². The lowest BCUT2D eigenvalue weighted by atomic mass is 9.82. The molecule has 0 bridgehead atoms. The van der Waals surface area contributed by atoms with Gasteiger partial charge in [-0.3, -0.25) is 0 Å². The summed E-state index contributed by atoms with van der Waals surface area (Å²) in [5, 5.41) is 0. The molecule has 0 spiro atoms. The van der Waals surface area contributed by atoms with Crippen molar-refractivity contribution in [1.82, 2.24) is 0 Å². The van der Waals surface area contributed by atoms with Crippen molar-refractivity contribution in [2.45, 2.75) is 57.3 Å². The molecule has 3 heteroatoms. The molecule has 0 aromatic heterocycles. The molecule has 1 aromatic rings. The number of sulfone groups is 1. The maximum Gasteiger partial charge on any atom is 0.178 e. The van der Waals surface area contributed by atoms with E-state index in [0.717, 1.165) is 44.1 Å². The number of hydrogen-bond acceptors (Lipinski definition) is 2. The van der Waals surface area contributed by atoms with Crippen molar-refractivity contribution in [1.29, 1.82) is 0 Å². The van der Waals surface area contributed by atoms with E-state index in [1.165, 1.54) is 0 Å². The number of hydrogen-bond donors (Lipinski definition) is 0. The van der Waals surface area contributed by atoms with Gasteiger partial charge in [0.1, 0.15) is 0 Å². The van der Waals surface area contributed by atoms with Crippen molar-refractivity contribution in [3.63, 3.8) is 0 Å². The Kier molecular flexibility index (Phi) is 7.77. The molecule has 128 valence electrons. The topological polar surface area (TPSA) is 34.1 Å². The number of aryl methyl sites for hydroxylation is 1. The number of allylic oxidation sites excluding steroid dienone is 2. The predicted molar refractivity (Wildman–Crippen MR) is 99.4 cm³/mol. The highest BCUT2D eigenvalue weighted by Gasteiger charge is 2.30. The summed E-state index contributed by atoms with van der Waals surface area (Å²) in [6.07, 6.45) is 9.44. The first-order valence-electron chi connectivity index (χ1n) is 8.34. The Balaban J connectivity index is 2.90. The van der Waals surface area contributed by atoms with Crippen molar-refractivity contribution in [2.24, 2.45) is 5.41 Å². The van der Waals surface area contributed by atoms with Crippen LogP contribution in [0.1, 0.15) is 51.0 Å². The Hall–Kier alpha value is -1.35. The molecule has 0 saturated carbocycles. The van der Waals surface area contributed by atoms with Gasteiger partial charge >= 0.3 is 0 Å². The molecule has 0 fully saturated rings. The quantitative estimate of drug-likeness (QED) is 0.396. The molecular weight excluding hydrogens is 304 g/mol. The zero-order valence-electron chi connectivity index (χ0n) is 14.6. The lowest BCUT2D eigenvalue weighted by molar-refractivity contribution is 0.295. The Morgan fingerprint density at radius 3 is 1.91 bits per heavy atom. The van der Waals surface area contributed by atoms with E-state index in [-0.39, 0.29) is 11.2 Å². The molecule has 0 aliphatic carbocycles. The highest BCUT2D eigenvalue weighted by atomic mass is 32.2. The third-order valence-corrected chi connectivity index (χ3v) is 6.36. The van der Waals surface area contributed by atoms with Crippen LogP contribution in [0.25, 0.3) is 0 Å². The van der Waals surface area contributed by atoms with Crippen molar-refractivity contribution in [2.75, 3.05) is 5.75 Å². The van der Waals surface area contributed by atoms with E-state index in [2.05, 4.69) is 20.1 Å². The molecule has 1 rings (SSSR count). The van der Waals surface area contributed by atoms with Crippen LogP contribution in [-0.2, 0) is 9.84 Å². The lowest BCUT2D eigenvalue weighted by Gasteiger charge is -2.29. The van der Waals surface area contributed by atoms with Gasteiger partial charge in [-0.25, -0.2) is 8.42 Å². The van der Waals surface area contributed by atoms with Gasteiger partial charge in [0.25, 0.3) is 0 Å². The van der Waals surface area contributed by atoms with Crippen LogP contribution in [0.4, 0.5) is 0 Å². The first-order chi connectivity index (χ1) is 10.8. The molecule has 0 heterocycles. The Morgan fingerprint density at radius 2 is 1.48 bits per heavy atom. The van der Waals surface area contributed by atoms with Crippen LogP contribution in [-0.4, -0.2) is 14.2 Å². The molecular formula is C20H30O2S. The maximum atomic E-state index is 12.8. The van der Waals surface area contributed by atoms with E-state index in [0.29, 0.717) is 4.90 Å². The van der Waals surface area contributed by atoms with Crippen LogP contribution in [0, 0.1) is 12.3 Å². The summed E-state index contributed by atoms with van der Waals surface area (Å²) in [5.41, 5.74) is 0.874. The minimum absolute atomic E-state index is 0.199. The highest BCUT2D eigenvalue weighted by Crippen LogP contribution is 2.34. The van der Waals surface area contributed by atoms with Crippen LogP contribution < -0.4 is 0 Å². The van der Waals surface area contributed by atoms with Crippen LogP contribution in [0.3, 0.4) is 0 Å². The lowest BCUT2D eigenvalue weighted by Crippen LogP contribution is -2.27. The summed E-state index contributed by atoms with van der Waals surface area (Å²) >= 11 is 0. The second kappa shape index (κ2) is 9.07. The van der Waals surface area contributed by atoms with Crippen molar-refractivity contribution < 1.29 is 8.42 Å². The molecule has 0 aliphatic heterocycles. The number of unbranched alkanes of at least 4 members (excludes halogenated alkanes) is 2. The SMILES string of the molecule is C=CCCCC(C)(CCCC=C)CS(=O)(=O)c1ccc(C)cc1. The van der Waals surface area contributed by atoms with E-state index in [1.807, 2.05) is 31.2 Å². The Morgan fingerprint density at radius 1 is 1.00 bits per heavy atom. The van der Waals surface area contributed by atoms with E-state index >= 15 is 0 Å². The second-order valence-electron chi connectivity index (χ2n) is 6.74. The molecule has 0 saturated heterocycles. The molecule has 23 heavy (non-hydrogen) atoms. The summed E-state index contributed by atoms with van der Waals surface area (Å²) in [6, 6.07) is 7.16. The fourth-order valence-electron chi connectivity index (χ4n) is 2.90. The van der Waals surface area contributed by atoms with E-state index in [9.17, 15) is 8.42 Å². The van der Waals surface area contributed by atoms with Crippen LogP contribution in [0.15, 0.2) is 54.5 Å². The smallest absolute Gasteiger partial charge is 0.178 e. The van der Waals surface area contributed by atoms with Gasteiger partial charge in [0.15, 0.2) is 9.84 Å². The van der Waals surface area contributed by atoms with E-state index in [1.54, 1.807) is 12.1 Å². The van der Waals surface area contributed by atoms with E-state index < -0.39 is 9.84 Å². The third kappa shape index (κ3) is 6.74. The average Bonchev–Trinajstić information content (AvgIpc) is 2.47. The first-order valence-corrected chi connectivity index (χ1v) is 9.99. The summed E-state index contributed by atoms with van der Waals surface area (Å²) in [5.74, 6) is 0.206. The summed E-state index contributed by atoms with van der Waals surface area (Å²) in [4.78, 5) is 0.432. The Labute approximate surface area is 142 Å². The summed E-state index contributed by atoms with van der Waals surface area (Å²) in [6.45, 7) is 11.6. The maximum absolute atomic E-state index is 12.8. The Bertz CT molecular complexity index is 583. The fourth-order valence-corrected chi connectivity index (χ4v) is 4.83. The van der Waals surface area contributed by atoms with Gasteiger partial charge in [0.2, 0.25) is 0 Å². The molecule has 0 amide bonds. The molecule has 0 unspecified atom stereocenters. The van der Waals surface area contributed by atoms with Gasteiger partial charge in [-0.15, -0.1) is 13.2 Å². The van der Waals surface area contributed by atoms with Gasteiger partial charge < -0.3 is 0 Å². The van der Waals surface area contributed by atoms with Crippen molar-refractivity contribution >= 4 is 9.84 Å². The average molecular weight is 335 g/mol. The van der Waals surface area contributed by atoms with Crippen LogP contribution in [0.2, 0.25) is 0 Å². The monoisotopic (exact) mass is 334 g/mol. The standard InChI is InChI=1S/C20H30O2S/c1-5-7-9-15-20(4,16-10-8-6-2)17-23(21,22)19-13-11-18(3)12-14-19/h5-6,11-14H,1-2,7-10,15-17H2,3-4H3. The largest absolute Gasteiger partial charge is 0.224 e. The zero-order valence-corrected chi connectivity index (χ0v) is 15.4. The third-order valence-electron chi connectivity index (χ3n) is 4.30. The fraction of sp³-hybridized carbons (Fsp3) is 0.500. The first kappa shape index (κ1) is 19.7. The summed E-state index contributed by atoms with van der Waals surface area (Å²) < 4.78 is 25.6. The van der Waals surface area contributed by atoms with Gasteiger partial charge in [-0.05, 0) is 63.0 Å². The molecule has 0 aliphatic rings. The minimum atomic E-state index is -3.26. The highest BCUT2D eigenvalue weighted by molar-refractivity contribution is 7.91. The molecule has 0 radical (unpaired) electrons. The molecule has 0 atom stereocenters. The molecule has 1 aromatic carbocycles. The number of rotatable bonds is 11. The van der Waals surface area contributed by atoms with Crippen molar-refractivity contribution in [3.05, 3.63) is 55.1 Å².